The maximum Gasteiger partial charge on any atom is 0.295 e. The predicted molar refractivity (Wildman–Crippen MR) is 130 cm³/mol. The first kappa shape index (κ1) is 24.3. The first-order valence-electron chi connectivity index (χ1n) is 11.5. The Labute approximate surface area is 204 Å². The summed E-state index contributed by atoms with van der Waals surface area (Å²) in [5.74, 6) is -0.885. The molecule has 2 aliphatic heterocycles. The van der Waals surface area contributed by atoms with E-state index in [-0.39, 0.29) is 17.4 Å². The van der Waals surface area contributed by atoms with Gasteiger partial charge >= 0.3 is 0 Å². The maximum atomic E-state index is 13.2. The van der Waals surface area contributed by atoms with Crippen LogP contribution in [0.4, 0.5) is 0 Å². The molecule has 2 aromatic carbocycles. The van der Waals surface area contributed by atoms with Crippen LogP contribution < -0.4 is 4.74 Å². The highest BCUT2D eigenvalue weighted by molar-refractivity contribution is 6.46. The first-order chi connectivity index (χ1) is 16.3. The van der Waals surface area contributed by atoms with E-state index < -0.39 is 17.7 Å². The maximum absolute atomic E-state index is 13.2. The summed E-state index contributed by atoms with van der Waals surface area (Å²) in [6.07, 6.45) is 0.0130. The zero-order valence-electron chi connectivity index (χ0n) is 19.4. The van der Waals surface area contributed by atoms with Crippen LogP contribution in [0, 0.1) is 0 Å². The Hall–Kier alpha value is -2.87. The van der Waals surface area contributed by atoms with Crippen molar-refractivity contribution in [3.63, 3.8) is 0 Å². The molecule has 2 aromatic rings. The van der Waals surface area contributed by atoms with Crippen LogP contribution in [0.15, 0.2) is 54.1 Å². The summed E-state index contributed by atoms with van der Waals surface area (Å²) in [5.41, 5.74) is 1.18. The number of benzene rings is 2. The minimum Gasteiger partial charge on any atom is -0.507 e. The summed E-state index contributed by atoms with van der Waals surface area (Å²) in [7, 11) is 0. The summed E-state index contributed by atoms with van der Waals surface area (Å²) in [6.45, 7) is 7.65. The van der Waals surface area contributed by atoms with Crippen molar-refractivity contribution >= 4 is 29.1 Å². The van der Waals surface area contributed by atoms with Gasteiger partial charge in [0, 0.05) is 36.8 Å². The Bertz CT molecular complexity index is 1080. The van der Waals surface area contributed by atoms with Crippen LogP contribution in [0.25, 0.3) is 5.76 Å². The molecule has 4 rings (SSSR count). The van der Waals surface area contributed by atoms with Crippen molar-refractivity contribution in [2.24, 2.45) is 0 Å². The number of likely N-dealkylation sites (tertiary alicyclic amines) is 1. The van der Waals surface area contributed by atoms with Gasteiger partial charge < -0.3 is 19.5 Å². The lowest BCUT2D eigenvalue weighted by Gasteiger charge is -2.31. The minimum atomic E-state index is -0.730. The smallest absolute Gasteiger partial charge is 0.295 e. The zero-order valence-corrected chi connectivity index (χ0v) is 20.1. The van der Waals surface area contributed by atoms with Crippen molar-refractivity contribution in [2.75, 3.05) is 39.4 Å². The molecule has 1 atom stereocenters. The number of hydrogen-bond donors (Lipinski definition) is 1. The quantitative estimate of drug-likeness (QED) is 0.365. The van der Waals surface area contributed by atoms with Gasteiger partial charge in [-0.15, -0.1) is 0 Å². The van der Waals surface area contributed by atoms with Crippen LogP contribution in [0.2, 0.25) is 5.02 Å². The molecular weight excluding hydrogens is 456 g/mol. The number of ketones is 1. The predicted octanol–water partition coefficient (Wildman–Crippen LogP) is 3.88. The molecule has 1 amide bonds. The number of nitrogens with zero attached hydrogens (tertiary/aromatic N) is 2. The molecule has 0 spiro atoms. The molecule has 0 aromatic heterocycles. The van der Waals surface area contributed by atoms with Crippen molar-refractivity contribution < 1.29 is 24.2 Å². The van der Waals surface area contributed by atoms with Gasteiger partial charge in [0.2, 0.25) is 0 Å². The van der Waals surface area contributed by atoms with E-state index in [2.05, 4.69) is 4.90 Å². The second kappa shape index (κ2) is 10.6. The third-order valence-corrected chi connectivity index (χ3v) is 6.20. The first-order valence-corrected chi connectivity index (χ1v) is 11.8. The number of Topliss-reactive ketones (excluding diaryl/α,β-unsaturated/α-hetero) is 1. The molecule has 0 saturated carbocycles. The number of rotatable bonds is 7. The van der Waals surface area contributed by atoms with Gasteiger partial charge in [-0.3, -0.25) is 14.5 Å². The number of ether oxygens (including phenoxy) is 2. The number of hydrogen-bond acceptors (Lipinski definition) is 6. The number of carbonyl (C=O) groups is 2. The second-order valence-corrected chi connectivity index (χ2v) is 9.13. The fourth-order valence-corrected chi connectivity index (χ4v) is 4.53. The molecular formula is C26H29ClN2O5. The van der Waals surface area contributed by atoms with Crippen molar-refractivity contribution in [1.29, 1.82) is 0 Å². The summed E-state index contributed by atoms with van der Waals surface area (Å²) >= 11 is 6.24. The van der Waals surface area contributed by atoms with Crippen LogP contribution in [0.5, 0.6) is 5.75 Å². The van der Waals surface area contributed by atoms with Gasteiger partial charge in [0.1, 0.15) is 11.5 Å². The number of halogens is 1. The topological polar surface area (TPSA) is 79.3 Å². The van der Waals surface area contributed by atoms with E-state index in [9.17, 15) is 14.7 Å². The van der Waals surface area contributed by atoms with E-state index in [1.54, 1.807) is 42.5 Å². The molecule has 8 heteroatoms. The molecule has 0 radical (unpaired) electrons. The Morgan fingerprint density at radius 2 is 1.82 bits per heavy atom. The van der Waals surface area contributed by atoms with E-state index >= 15 is 0 Å². The van der Waals surface area contributed by atoms with Crippen molar-refractivity contribution in [3.8, 4) is 5.75 Å². The third-order valence-electron chi connectivity index (χ3n) is 5.96. The Morgan fingerprint density at radius 1 is 1.12 bits per heavy atom. The van der Waals surface area contributed by atoms with Gasteiger partial charge in [0.15, 0.2) is 0 Å². The Balaban J connectivity index is 1.70. The highest BCUT2D eigenvalue weighted by atomic mass is 35.5. The van der Waals surface area contributed by atoms with Crippen LogP contribution in [0.3, 0.4) is 0 Å². The van der Waals surface area contributed by atoms with Gasteiger partial charge in [-0.2, -0.15) is 0 Å². The zero-order chi connectivity index (χ0) is 24.2. The van der Waals surface area contributed by atoms with Crippen LogP contribution in [-0.4, -0.2) is 72.1 Å². The van der Waals surface area contributed by atoms with E-state index in [1.807, 2.05) is 19.9 Å². The van der Waals surface area contributed by atoms with Crippen LogP contribution in [0.1, 0.15) is 31.0 Å². The highest BCUT2D eigenvalue weighted by Crippen LogP contribution is 2.40. The molecule has 34 heavy (non-hydrogen) atoms. The fraction of sp³-hybridized carbons (Fsp3) is 0.385. The molecule has 0 aliphatic carbocycles. The summed E-state index contributed by atoms with van der Waals surface area (Å²) in [5, 5.41) is 11.7. The van der Waals surface area contributed by atoms with Crippen LogP contribution >= 0.6 is 11.6 Å². The fourth-order valence-electron chi connectivity index (χ4n) is 4.33. The van der Waals surface area contributed by atoms with E-state index in [4.69, 9.17) is 21.1 Å². The molecule has 1 unspecified atom stereocenters. The lowest BCUT2D eigenvalue weighted by atomic mass is 9.95. The molecule has 0 bridgehead atoms. The van der Waals surface area contributed by atoms with Gasteiger partial charge in [-0.05, 0) is 55.8 Å². The van der Waals surface area contributed by atoms with Gasteiger partial charge in [0.25, 0.3) is 11.7 Å². The number of aliphatic hydroxyl groups is 1. The second-order valence-electron chi connectivity index (χ2n) is 8.69. The number of amides is 1. The lowest BCUT2D eigenvalue weighted by molar-refractivity contribution is -0.140. The average Bonchev–Trinajstić information content (AvgIpc) is 3.08. The van der Waals surface area contributed by atoms with Crippen molar-refractivity contribution in [2.45, 2.75) is 26.0 Å². The van der Waals surface area contributed by atoms with Gasteiger partial charge in [0.05, 0.1) is 30.9 Å². The molecule has 180 valence electrons. The Kier molecular flexibility index (Phi) is 7.56. The summed E-state index contributed by atoms with van der Waals surface area (Å²) in [4.78, 5) is 30.0. The number of aliphatic hydroxyl groups excluding tert-OH is 1. The van der Waals surface area contributed by atoms with Crippen LogP contribution in [-0.2, 0) is 14.3 Å². The van der Waals surface area contributed by atoms with Gasteiger partial charge in [-0.25, -0.2) is 0 Å². The standard InChI is InChI=1S/C26H29ClN2O5/c1-17(2)34-21-8-6-18(7-9-21)24(30)22-23(19-4-3-5-20(27)16-19)29(26(32)25(22)31)11-10-28-12-14-33-15-13-28/h3-9,16-17,23,30H,10-15H2,1-2H3/b24-22-. The van der Waals surface area contributed by atoms with E-state index in [0.717, 1.165) is 13.1 Å². The largest absolute Gasteiger partial charge is 0.507 e. The monoisotopic (exact) mass is 484 g/mol. The van der Waals surface area contributed by atoms with E-state index in [1.165, 1.54) is 4.90 Å². The molecule has 2 fully saturated rings. The van der Waals surface area contributed by atoms with Crippen molar-refractivity contribution in [1.82, 2.24) is 9.80 Å². The Morgan fingerprint density at radius 3 is 2.47 bits per heavy atom. The summed E-state index contributed by atoms with van der Waals surface area (Å²) in [6, 6.07) is 13.2. The highest BCUT2D eigenvalue weighted by Gasteiger charge is 2.46. The molecule has 2 saturated heterocycles. The lowest BCUT2D eigenvalue weighted by Crippen LogP contribution is -2.42. The molecule has 2 aliphatic rings. The molecule has 2 heterocycles. The summed E-state index contributed by atoms with van der Waals surface area (Å²) < 4.78 is 11.1. The molecule has 1 N–H and O–H groups in total. The van der Waals surface area contributed by atoms with E-state index in [0.29, 0.717) is 48.2 Å². The molecule has 7 nitrogen and oxygen atoms in total. The number of morpholine rings is 1. The normalized spacial score (nSPS) is 20.8. The average molecular weight is 485 g/mol. The SMILES string of the molecule is CC(C)Oc1ccc(/C(O)=C2/C(=O)C(=O)N(CCN3CCOCC3)C2c2cccc(Cl)c2)cc1. The van der Waals surface area contributed by atoms with Crippen molar-refractivity contribution in [3.05, 3.63) is 70.3 Å². The van der Waals surface area contributed by atoms with Gasteiger partial charge in [-0.1, -0.05) is 23.7 Å². The number of carbonyl (C=O) groups excluding carboxylic acids is 2. The minimum absolute atomic E-state index is 0.0130. The third kappa shape index (κ3) is 5.27.